The predicted molar refractivity (Wildman–Crippen MR) is 306 cm³/mol. The Morgan fingerprint density at radius 1 is 0.260 bits per heavy atom. The lowest BCUT2D eigenvalue weighted by molar-refractivity contribution is 0.793. The average molecular weight is 927 g/mol. The van der Waals surface area contributed by atoms with Crippen LogP contribution in [0.2, 0.25) is 0 Å². The Kier molecular flexibility index (Phi) is 9.21. The van der Waals surface area contributed by atoms with Gasteiger partial charge in [-0.25, -0.2) is 0 Å². The van der Waals surface area contributed by atoms with Crippen LogP contribution in [-0.4, -0.2) is 4.57 Å². The number of hydrogen-bond acceptors (Lipinski definition) is 1. The van der Waals surface area contributed by atoms with Crippen LogP contribution in [0.3, 0.4) is 0 Å². The van der Waals surface area contributed by atoms with Gasteiger partial charge in [-0.2, -0.15) is 0 Å². The summed E-state index contributed by atoms with van der Waals surface area (Å²) in [6, 6.07) is 103. The van der Waals surface area contributed by atoms with Crippen molar-refractivity contribution in [3.05, 3.63) is 301 Å². The van der Waals surface area contributed by atoms with Gasteiger partial charge in [0.15, 0.2) is 0 Å². The summed E-state index contributed by atoms with van der Waals surface area (Å²) in [4.78, 5) is 2.44. The molecular weight excluding hydrogens is 881 g/mol. The molecule has 12 aromatic carbocycles. The summed E-state index contributed by atoms with van der Waals surface area (Å²) < 4.78 is 2.42. The standard InChI is InChI=1S/C71H46N2/c1-2-16-52-45-53(34-31-47(52)15-1)50-37-41-55(42-38-50)72(56-43-44-61-60-20-5-11-25-66(60)71(67(61)46-56)64-23-9-3-18-58(64)59-19-4-10-24-65(59)71)54-39-35-49(36-40-54)48-29-32-51(33-30-48)57-17-6-12-26-68(57)73-69-27-13-7-21-62(69)63-22-8-14-28-70(63)73/h1-46H. The summed E-state index contributed by atoms with van der Waals surface area (Å²) in [7, 11) is 0. The fourth-order valence-corrected chi connectivity index (χ4v) is 12.6. The van der Waals surface area contributed by atoms with E-state index in [2.05, 4.69) is 289 Å². The van der Waals surface area contributed by atoms with Crippen molar-refractivity contribution in [2.45, 2.75) is 5.41 Å². The van der Waals surface area contributed by atoms with E-state index in [1.807, 2.05) is 0 Å². The zero-order chi connectivity index (χ0) is 48.0. The lowest BCUT2D eigenvalue weighted by atomic mass is 9.70. The molecule has 0 fully saturated rings. The van der Waals surface area contributed by atoms with Gasteiger partial charge in [0.1, 0.15) is 0 Å². The van der Waals surface area contributed by atoms with Crippen molar-refractivity contribution < 1.29 is 0 Å². The molecule has 73 heavy (non-hydrogen) atoms. The summed E-state index contributed by atoms with van der Waals surface area (Å²) in [6.45, 7) is 0. The summed E-state index contributed by atoms with van der Waals surface area (Å²) in [5, 5.41) is 5.02. The topological polar surface area (TPSA) is 8.17 Å². The van der Waals surface area contributed by atoms with Crippen LogP contribution in [0.15, 0.2) is 279 Å². The number of nitrogens with zero attached hydrogens (tertiary/aromatic N) is 2. The summed E-state index contributed by atoms with van der Waals surface area (Å²) in [6.07, 6.45) is 0. The molecule has 1 aromatic heterocycles. The van der Waals surface area contributed by atoms with Crippen LogP contribution < -0.4 is 4.90 Å². The Bertz CT molecular complexity index is 4190. The molecule has 0 atom stereocenters. The third-order valence-electron chi connectivity index (χ3n) is 15.8. The van der Waals surface area contributed by atoms with E-state index in [1.165, 1.54) is 116 Å². The van der Waals surface area contributed by atoms with Crippen LogP contribution in [0.5, 0.6) is 0 Å². The molecule has 2 heteroatoms. The average Bonchev–Trinajstić information content (AvgIpc) is 4.08. The molecule has 340 valence electrons. The third kappa shape index (κ3) is 6.24. The molecule has 13 aromatic rings. The number of benzene rings is 12. The first-order valence-electron chi connectivity index (χ1n) is 25.3. The maximum Gasteiger partial charge on any atom is 0.0726 e. The van der Waals surface area contributed by atoms with Crippen molar-refractivity contribution in [1.82, 2.24) is 4.57 Å². The molecule has 0 unspecified atom stereocenters. The molecule has 1 heterocycles. The highest BCUT2D eigenvalue weighted by molar-refractivity contribution is 6.10. The molecule has 0 N–H and O–H groups in total. The summed E-state index contributed by atoms with van der Waals surface area (Å²) in [5.41, 5.74) is 24.1. The molecular formula is C71H46N2. The fourth-order valence-electron chi connectivity index (χ4n) is 12.6. The molecule has 0 aliphatic heterocycles. The normalized spacial score (nSPS) is 12.8. The minimum absolute atomic E-state index is 0.444. The van der Waals surface area contributed by atoms with Gasteiger partial charge < -0.3 is 9.47 Å². The molecule has 2 nitrogen and oxygen atoms in total. The number of aromatic nitrogens is 1. The van der Waals surface area contributed by atoms with E-state index in [1.54, 1.807) is 0 Å². The zero-order valence-electron chi connectivity index (χ0n) is 40.0. The van der Waals surface area contributed by atoms with E-state index in [0.29, 0.717) is 0 Å². The molecule has 2 aliphatic rings. The largest absolute Gasteiger partial charge is 0.310 e. The molecule has 0 radical (unpaired) electrons. The van der Waals surface area contributed by atoms with E-state index in [0.717, 1.165) is 17.1 Å². The predicted octanol–water partition coefficient (Wildman–Crippen LogP) is 18.8. The van der Waals surface area contributed by atoms with Gasteiger partial charge in [-0.3, -0.25) is 0 Å². The van der Waals surface area contributed by atoms with Crippen LogP contribution in [0.25, 0.3) is 93.9 Å². The number of fused-ring (bicyclic) bond motifs is 14. The quantitative estimate of drug-likeness (QED) is 0.155. The molecule has 0 amide bonds. The second-order valence-corrected chi connectivity index (χ2v) is 19.6. The van der Waals surface area contributed by atoms with Gasteiger partial charge in [0.25, 0.3) is 0 Å². The van der Waals surface area contributed by atoms with Crippen LogP contribution >= 0.6 is 0 Å². The van der Waals surface area contributed by atoms with E-state index in [-0.39, 0.29) is 0 Å². The molecule has 0 saturated heterocycles. The third-order valence-corrected chi connectivity index (χ3v) is 15.8. The van der Waals surface area contributed by atoms with Crippen LogP contribution in [0, 0.1) is 0 Å². The van der Waals surface area contributed by atoms with Crippen molar-refractivity contribution in [1.29, 1.82) is 0 Å². The minimum atomic E-state index is -0.444. The van der Waals surface area contributed by atoms with E-state index >= 15 is 0 Å². The highest BCUT2D eigenvalue weighted by Crippen LogP contribution is 2.63. The van der Waals surface area contributed by atoms with E-state index < -0.39 is 5.41 Å². The molecule has 2 aliphatic carbocycles. The van der Waals surface area contributed by atoms with Gasteiger partial charge in [0, 0.05) is 33.4 Å². The maximum absolute atomic E-state index is 2.48. The number of para-hydroxylation sites is 3. The lowest BCUT2D eigenvalue weighted by Gasteiger charge is -2.32. The van der Waals surface area contributed by atoms with Gasteiger partial charge >= 0.3 is 0 Å². The fraction of sp³-hybridized carbons (Fsp3) is 0.0141. The first kappa shape index (κ1) is 41.3. The molecule has 0 bridgehead atoms. The van der Waals surface area contributed by atoms with E-state index in [9.17, 15) is 0 Å². The van der Waals surface area contributed by atoms with Gasteiger partial charge in [-0.15, -0.1) is 0 Å². The van der Waals surface area contributed by atoms with Crippen molar-refractivity contribution in [3.63, 3.8) is 0 Å². The second kappa shape index (κ2) is 16.3. The zero-order valence-corrected chi connectivity index (χ0v) is 40.0. The Labute approximate surface area is 425 Å². The Balaban J connectivity index is 0.836. The number of anilines is 3. The van der Waals surface area contributed by atoms with Gasteiger partial charge in [0.05, 0.1) is 22.1 Å². The summed E-state index contributed by atoms with van der Waals surface area (Å²) in [5.74, 6) is 0. The van der Waals surface area contributed by atoms with Crippen molar-refractivity contribution in [2.24, 2.45) is 0 Å². The number of rotatable bonds is 7. The minimum Gasteiger partial charge on any atom is -0.310 e. The first-order valence-corrected chi connectivity index (χ1v) is 25.3. The van der Waals surface area contributed by atoms with Crippen LogP contribution in [-0.2, 0) is 5.41 Å². The monoisotopic (exact) mass is 926 g/mol. The summed E-state index contributed by atoms with van der Waals surface area (Å²) >= 11 is 0. The van der Waals surface area contributed by atoms with Gasteiger partial charge in [0.2, 0.25) is 0 Å². The van der Waals surface area contributed by atoms with E-state index in [4.69, 9.17) is 0 Å². The van der Waals surface area contributed by atoms with Gasteiger partial charge in [-0.05, 0) is 144 Å². The van der Waals surface area contributed by atoms with Gasteiger partial charge in [-0.1, -0.05) is 218 Å². The van der Waals surface area contributed by atoms with Crippen LogP contribution in [0.1, 0.15) is 22.3 Å². The smallest absolute Gasteiger partial charge is 0.0726 e. The van der Waals surface area contributed by atoms with Crippen molar-refractivity contribution in [3.8, 4) is 61.3 Å². The van der Waals surface area contributed by atoms with Crippen LogP contribution in [0.4, 0.5) is 17.1 Å². The van der Waals surface area contributed by atoms with Crippen molar-refractivity contribution >= 4 is 49.6 Å². The second-order valence-electron chi connectivity index (χ2n) is 19.6. The molecule has 1 spiro atoms. The highest BCUT2D eigenvalue weighted by atomic mass is 15.1. The number of hydrogen-bond donors (Lipinski definition) is 0. The Hall–Kier alpha value is -9.50. The molecule has 0 saturated carbocycles. The highest BCUT2D eigenvalue weighted by Gasteiger charge is 2.51. The Morgan fingerprint density at radius 3 is 1.26 bits per heavy atom. The maximum atomic E-state index is 2.48. The Morgan fingerprint density at radius 2 is 0.671 bits per heavy atom. The molecule has 15 rings (SSSR count). The first-order chi connectivity index (χ1) is 36.2. The van der Waals surface area contributed by atoms with Crippen molar-refractivity contribution in [2.75, 3.05) is 4.90 Å². The SMILES string of the molecule is c1ccc(-n2c3ccccc3c3ccccc32)c(-c2ccc(-c3ccc(N(c4ccc(-c5ccc6ccccc6c5)cc4)c4ccc5c(c4)C4(c6ccccc6-c6ccccc64)c4ccccc4-5)cc3)cc2)c1. The lowest BCUT2D eigenvalue weighted by Crippen LogP contribution is -2.26.